The van der Waals surface area contributed by atoms with Crippen LogP contribution < -0.4 is 0 Å². The Labute approximate surface area is 419 Å². The van der Waals surface area contributed by atoms with Gasteiger partial charge in [-0.15, -0.1) is 0 Å². The zero-order chi connectivity index (χ0) is 47.5. The Balaban J connectivity index is 1.92. The predicted molar refractivity (Wildman–Crippen MR) is 297 cm³/mol. The molecule has 65 heavy (non-hydrogen) atoms. The van der Waals surface area contributed by atoms with Crippen molar-refractivity contribution in [1.29, 1.82) is 0 Å². The van der Waals surface area contributed by atoms with Gasteiger partial charge in [-0.25, -0.2) is 4.98 Å². The first-order chi connectivity index (χ1) is 30.7. The number of fused-ring (bicyclic) bond motifs is 6. The van der Waals surface area contributed by atoms with Gasteiger partial charge in [0.15, 0.2) is 0 Å². The Morgan fingerprint density at radius 3 is 1.91 bits per heavy atom. The highest BCUT2D eigenvalue weighted by Crippen LogP contribution is 2.49. The minimum absolute atomic E-state index is 0.822. The van der Waals surface area contributed by atoms with Gasteiger partial charge < -0.3 is 9.97 Å². The molecule has 0 spiro atoms. The molecule has 4 heterocycles. The van der Waals surface area contributed by atoms with Crippen LogP contribution >= 0.6 is 63.7 Å². The van der Waals surface area contributed by atoms with Crippen LogP contribution in [0.15, 0.2) is 103 Å². The van der Waals surface area contributed by atoms with Crippen LogP contribution in [-0.2, 0) is 0 Å². The van der Waals surface area contributed by atoms with Gasteiger partial charge in [0.2, 0.25) is 0 Å². The number of aromatic nitrogens is 4. The average Bonchev–Trinajstić information content (AvgIpc) is 3.83. The minimum Gasteiger partial charge on any atom is -0.354 e. The smallest absolute Gasteiger partial charge is 0.0882 e. The van der Waals surface area contributed by atoms with Gasteiger partial charge in [0.05, 0.1) is 42.6 Å². The summed E-state index contributed by atoms with van der Waals surface area (Å²) >= 11 is 16.6. The highest BCUT2D eigenvalue weighted by molar-refractivity contribution is 9.15. The van der Waals surface area contributed by atoms with Crippen molar-refractivity contribution in [3.8, 4) is 22.3 Å². The zero-order valence-corrected chi connectivity index (χ0v) is 46.3. The molecule has 1 aliphatic heterocycles. The van der Waals surface area contributed by atoms with Crippen LogP contribution in [0.1, 0.15) is 123 Å². The third kappa shape index (κ3) is 8.98. The van der Waals surface area contributed by atoms with Crippen molar-refractivity contribution in [2.75, 3.05) is 0 Å². The molecule has 5 aromatic rings. The SMILES string of the molecule is C=C(C)/C=C(C)\C(=C\C)c1c2nc(c(-c3c(C)cccc3C)c3[nH]c(c(Br)c3Br)c(C3=C(C)C=C(C)CC3)c(C(=C)C)nc(C)c(-c3c(C)cc(C)cc3Br)c3cc(C)c1[nH]3)C(Br)=C2C. The number of hydrogen-bond donors (Lipinski definition) is 2. The fourth-order valence-electron chi connectivity index (χ4n) is 9.77. The Morgan fingerprint density at radius 1 is 0.677 bits per heavy atom. The normalized spacial score (nSPS) is 14.1. The molecule has 0 saturated heterocycles. The van der Waals surface area contributed by atoms with Crippen molar-refractivity contribution in [2.24, 2.45) is 0 Å². The second kappa shape index (κ2) is 19.1. The number of benzene rings is 2. The number of rotatable bonds is 7. The van der Waals surface area contributed by atoms with E-state index in [1.54, 1.807) is 0 Å². The van der Waals surface area contributed by atoms with E-state index in [-0.39, 0.29) is 0 Å². The van der Waals surface area contributed by atoms with Gasteiger partial charge in [-0.3, -0.25) is 4.98 Å². The number of H-pyrrole nitrogens is 2. The van der Waals surface area contributed by atoms with E-state index in [2.05, 4.69) is 225 Å². The topological polar surface area (TPSA) is 57.4 Å². The van der Waals surface area contributed by atoms with Crippen molar-refractivity contribution >= 4 is 113 Å². The van der Waals surface area contributed by atoms with Crippen LogP contribution in [0.5, 0.6) is 0 Å². The quantitative estimate of drug-likeness (QED) is 0.160. The summed E-state index contributed by atoms with van der Waals surface area (Å²) in [6.07, 6.45) is 8.49. The van der Waals surface area contributed by atoms with Crippen LogP contribution in [-0.4, -0.2) is 19.9 Å². The Bertz CT molecular complexity index is 3200. The van der Waals surface area contributed by atoms with Crippen molar-refractivity contribution in [3.63, 3.8) is 0 Å². The number of nitrogens with one attached hydrogen (secondary N) is 2. The highest BCUT2D eigenvalue weighted by atomic mass is 79.9. The molecule has 2 N–H and O–H groups in total. The van der Waals surface area contributed by atoms with Gasteiger partial charge >= 0.3 is 0 Å². The lowest BCUT2D eigenvalue weighted by molar-refractivity contribution is 0.960. The standard InChI is InChI=1S/C57H58Br4N4/c1-16-39(33(10)22-27(2)3)46-53-36(13)26-42(63-53)45(44-35(12)24-30(7)25-41(44)58)38(15)62-52(28(4)5)47(40-21-20-29(6)23-34(40)11)55-50(60)51(61)57(65-55)48(43-31(8)18-17-19-32(43)9)56-49(59)37(14)54(46)64-56/h16-19,22-26,63,65H,2,4,20-21H2,1,3,5-15H3/b33-22-,39-16-,45-38?,45-42?,52-47?,53-46?,54-46?,55-47?,56-48?,57-48?,62-38?,62-52?. The molecule has 0 radical (unpaired) electrons. The van der Waals surface area contributed by atoms with Crippen LogP contribution in [0.2, 0.25) is 0 Å². The summed E-state index contributed by atoms with van der Waals surface area (Å²) in [4.78, 5) is 19.7. The van der Waals surface area contributed by atoms with E-state index in [1.807, 2.05) is 6.92 Å². The van der Waals surface area contributed by atoms with Gasteiger partial charge in [-0.1, -0.05) is 82.7 Å². The highest BCUT2D eigenvalue weighted by Gasteiger charge is 2.29. The molecule has 6 bridgehead atoms. The summed E-state index contributed by atoms with van der Waals surface area (Å²) in [5.74, 6) is 0. The summed E-state index contributed by atoms with van der Waals surface area (Å²) < 4.78 is 3.75. The van der Waals surface area contributed by atoms with Gasteiger partial charge in [0.25, 0.3) is 0 Å². The van der Waals surface area contributed by atoms with Crippen LogP contribution in [0.3, 0.4) is 0 Å². The predicted octanol–water partition coefficient (Wildman–Crippen LogP) is 19.2. The minimum atomic E-state index is 0.822. The summed E-state index contributed by atoms with van der Waals surface area (Å²) in [6, 6.07) is 13.2. The molecule has 8 heteroatoms. The number of allylic oxidation sites excluding steroid dienone is 11. The number of aromatic amines is 2. The van der Waals surface area contributed by atoms with Gasteiger partial charge in [0, 0.05) is 48.0 Å². The molecule has 334 valence electrons. The van der Waals surface area contributed by atoms with E-state index in [9.17, 15) is 0 Å². The summed E-state index contributed by atoms with van der Waals surface area (Å²) in [5, 5.41) is 0. The van der Waals surface area contributed by atoms with E-state index in [4.69, 9.17) is 9.97 Å². The van der Waals surface area contributed by atoms with Crippen molar-refractivity contribution in [2.45, 2.75) is 103 Å². The molecular weight excluding hydrogens is 1060 g/mol. The lowest BCUT2D eigenvalue weighted by atomic mass is 9.87. The van der Waals surface area contributed by atoms with Crippen LogP contribution in [0.4, 0.5) is 0 Å². The number of halogens is 4. The summed E-state index contributed by atoms with van der Waals surface area (Å²) in [7, 11) is 0. The molecule has 1 aliphatic carbocycles. The fourth-order valence-corrected chi connectivity index (χ4v) is 12.1. The molecule has 0 amide bonds. The maximum absolute atomic E-state index is 5.80. The first-order valence-electron chi connectivity index (χ1n) is 22.1. The average molecular weight is 1120 g/mol. The molecular formula is C57H58Br4N4. The second-order valence-corrected chi connectivity index (χ2v) is 21.3. The van der Waals surface area contributed by atoms with Crippen molar-refractivity contribution < 1.29 is 0 Å². The van der Waals surface area contributed by atoms with Crippen LogP contribution in [0, 0.1) is 41.5 Å². The van der Waals surface area contributed by atoms with E-state index in [0.717, 1.165) is 159 Å². The molecule has 0 unspecified atom stereocenters. The van der Waals surface area contributed by atoms with Gasteiger partial charge in [-0.2, -0.15) is 0 Å². The van der Waals surface area contributed by atoms with E-state index in [0.29, 0.717) is 0 Å². The number of hydrogen-bond acceptors (Lipinski definition) is 2. The molecule has 2 aliphatic rings. The zero-order valence-electron chi connectivity index (χ0n) is 39.9. The largest absolute Gasteiger partial charge is 0.354 e. The van der Waals surface area contributed by atoms with E-state index >= 15 is 0 Å². The molecule has 2 aromatic carbocycles. The Morgan fingerprint density at radius 2 is 1.32 bits per heavy atom. The van der Waals surface area contributed by atoms with Gasteiger partial charge in [-0.05, 0) is 230 Å². The van der Waals surface area contributed by atoms with Crippen molar-refractivity contribution in [1.82, 2.24) is 19.9 Å². The monoisotopic (exact) mass is 1110 g/mol. The summed E-state index contributed by atoms with van der Waals surface area (Å²) in [6.45, 7) is 37.0. The number of aryl methyl sites for hydroxylation is 6. The molecule has 0 saturated carbocycles. The third-order valence-electron chi connectivity index (χ3n) is 12.7. The van der Waals surface area contributed by atoms with E-state index in [1.165, 1.54) is 22.3 Å². The van der Waals surface area contributed by atoms with Crippen molar-refractivity contribution in [3.05, 3.63) is 165 Å². The first kappa shape index (κ1) is 48.6. The first-order valence-corrected chi connectivity index (χ1v) is 25.2. The lowest BCUT2D eigenvalue weighted by Gasteiger charge is -2.20. The molecule has 0 atom stereocenters. The maximum Gasteiger partial charge on any atom is 0.0882 e. The second-order valence-electron chi connectivity index (χ2n) is 18.1. The van der Waals surface area contributed by atoms with Crippen LogP contribution in [0.25, 0.3) is 71.1 Å². The van der Waals surface area contributed by atoms with Gasteiger partial charge in [0.1, 0.15) is 0 Å². The Kier molecular flexibility index (Phi) is 14.3. The molecule has 4 nitrogen and oxygen atoms in total. The molecule has 3 aromatic heterocycles. The number of nitrogens with zero attached hydrogens (tertiary/aromatic N) is 2. The third-order valence-corrected chi connectivity index (χ3v) is 16.4. The Hall–Kier alpha value is -4.34. The van der Waals surface area contributed by atoms with E-state index < -0.39 is 0 Å². The molecule has 0 fully saturated rings. The summed E-state index contributed by atoms with van der Waals surface area (Å²) in [5.41, 5.74) is 28.0. The fraction of sp³-hybridized carbons (Fsp3) is 0.263. The maximum atomic E-state index is 5.80. The molecule has 7 rings (SSSR count). The lowest BCUT2D eigenvalue weighted by Crippen LogP contribution is -2.02.